The van der Waals surface area contributed by atoms with Crippen LogP contribution in [0.1, 0.15) is 5.56 Å². The van der Waals surface area contributed by atoms with E-state index in [-0.39, 0.29) is 11.6 Å². The van der Waals surface area contributed by atoms with Crippen LogP contribution in [0.2, 0.25) is 5.02 Å². The molecule has 2 rings (SSSR count). The van der Waals surface area contributed by atoms with Crippen LogP contribution in [0.5, 0.6) is 5.75 Å². The van der Waals surface area contributed by atoms with Crippen LogP contribution in [-0.4, -0.2) is 12.5 Å². The number of amides is 1. The van der Waals surface area contributed by atoms with Gasteiger partial charge in [0.05, 0.1) is 5.02 Å². The van der Waals surface area contributed by atoms with Crippen molar-refractivity contribution in [2.45, 2.75) is 6.54 Å². The largest absolute Gasteiger partial charge is 0.484 e. The van der Waals surface area contributed by atoms with Crippen molar-refractivity contribution >= 4 is 23.2 Å². The Morgan fingerprint density at radius 1 is 1.24 bits per heavy atom. The van der Waals surface area contributed by atoms with E-state index in [1.54, 1.807) is 18.2 Å². The number of halogens is 2. The molecule has 0 heterocycles. The summed E-state index contributed by atoms with van der Waals surface area (Å²) in [5.41, 5.74) is 6.62. The normalized spacial score (nSPS) is 10.2. The second-order valence-corrected chi connectivity index (χ2v) is 4.79. The third-order valence-corrected chi connectivity index (χ3v) is 3.03. The van der Waals surface area contributed by atoms with Gasteiger partial charge in [0, 0.05) is 12.2 Å². The van der Waals surface area contributed by atoms with Gasteiger partial charge in [-0.05, 0) is 35.9 Å². The van der Waals surface area contributed by atoms with Gasteiger partial charge in [0.15, 0.2) is 6.61 Å². The van der Waals surface area contributed by atoms with Gasteiger partial charge in [0.2, 0.25) is 0 Å². The molecule has 0 aliphatic rings. The molecular formula is C15H14ClFN2O2. The van der Waals surface area contributed by atoms with Gasteiger partial charge in [-0.25, -0.2) is 4.39 Å². The van der Waals surface area contributed by atoms with Crippen LogP contribution in [-0.2, 0) is 11.3 Å². The van der Waals surface area contributed by atoms with Gasteiger partial charge in [-0.15, -0.1) is 0 Å². The zero-order valence-electron chi connectivity index (χ0n) is 11.1. The molecule has 0 aliphatic carbocycles. The highest BCUT2D eigenvalue weighted by Gasteiger charge is 2.02. The van der Waals surface area contributed by atoms with Crippen molar-refractivity contribution in [1.29, 1.82) is 0 Å². The van der Waals surface area contributed by atoms with E-state index in [1.807, 2.05) is 12.1 Å². The third-order valence-electron chi connectivity index (χ3n) is 2.72. The Labute approximate surface area is 126 Å². The third kappa shape index (κ3) is 4.65. The number of primary amides is 1. The molecule has 0 spiro atoms. The zero-order chi connectivity index (χ0) is 15.2. The molecule has 0 bridgehead atoms. The fraction of sp³-hybridized carbons (Fsp3) is 0.133. The van der Waals surface area contributed by atoms with Crippen LogP contribution in [0.15, 0.2) is 42.5 Å². The van der Waals surface area contributed by atoms with Crippen molar-refractivity contribution in [3.63, 3.8) is 0 Å². The number of nitrogens with one attached hydrogen (secondary N) is 1. The first-order chi connectivity index (χ1) is 10.0. The molecule has 2 aromatic rings. The van der Waals surface area contributed by atoms with Crippen LogP contribution in [0.4, 0.5) is 10.1 Å². The van der Waals surface area contributed by atoms with Crippen molar-refractivity contribution in [1.82, 2.24) is 0 Å². The van der Waals surface area contributed by atoms with Gasteiger partial charge < -0.3 is 15.8 Å². The molecule has 0 atom stereocenters. The molecule has 0 fully saturated rings. The summed E-state index contributed by atoms with van der Waals surface area (Å²) in [4.78, 5) is 10.6. The lowest BCUT2D eigenvalue weighted by atomic mass is 10.2. The van der Waals surface area contributed by atoms with E-state index in [9.17, 15) is 9.18 Å². The lowest BCUT2D eigenvalue weighted by Crippen LogP contribution is -2.19. The van der Waals surface area contributed by atoms with Gasteiger partial charge in [-0.1, -0.05) is 23.7 Å². The van der Waals surface area contributed by atoms with Crippen molar-refractivity contribution in [2.24, 2.45) is 5.73 Å². The van der Waals surface area contributed by atoms with Crippen LogP contribution < -0.4 is 15.8 Å². The summed E-state index contributed by atoms with van der Waals surface area (Å²) in [6, 6.07) is 11.7. The maximum absolute atomic E-state index is 13.3. The lowest BCUT2D eigenvalue weighted by molar-refractivity contribution is -0.119. The van der Waals surface area contributed by atoms with E-state index in [4.69, 9.17) is 22.1 Å². The van der Waals surface area contributed by atoms with E-state index in [0.717, 1.165) is 5.56 Å². The number of carbonyl (C=O) groups is 1. The molecule has 4 nitrogen and oxygen atoms in total. The zero-order valence-corrected chi connectivity index (χ0v) is 11.9. The number of anilines is 1. The second kappa shape index (κ2) is 6.95. The van der Waals surface area contributed by atoms with E-state index >= 15 is 0 Å². The van der Waals surface area contributed by atoms with Gasteiger partial charge >= 0.3 is 0 Å². The lowest BCUT2D eigenvalue weighted by Gasteiger charge is -2.08. The fourth-order valence-electron chi connectivity index (χ4n) is 1.67. The van der Waals surface area contributed by atoms with E-state index in [0.29, 0.717) is 18.0 Å². The maximum Gasteiger partial charge on any atom is 0.255 e. The number of ether oxygens (including phenoxy) is 1. The van der Waals surface area contributed by atoms with Crippen LogP contribution in [0.25, 0.3) is 0 Å². The average Bonchev–Trinajstić information content (AvgIpc) is 2.47. The maximum atomic E-state index is 13.3. The molecule has 0 saturated carbocycles. The first-order valence-corrected chi connectivity index (χ1v) is 6.61. The standard InChI is InChI=1S/C15H14ClFN2O2/c16-13-6-3-11(7-14(13)17)19-8-10-1-4-12(5-2-10)21-9-15(18)20/h1-7,19H,8-9H2,(H2,18,20). The number of rotatable bonds is 6. The molecule has 0 radical (unpaired) electrons. The predicted molar refractivity (Wildman–Crippen MR) is 79.9 cm³/mol. The monoisotopic (exact) mass is 308 g/mol. The van der Waals surface area contributed by atoms with Crippen molar-refractivity contribution in [2.75, 3.05) is 11.9 Å². The molecule has 0 unspecified atom stereocenters. The Morgan fingerprint density at radius 3 is 2.57 bits per heavy atom. The molecule has 2 aromatic carbocycles. The highest BCUT2D eigenvalue weighted by atomic mass is 35.5. The van der Waals surface area contributed by atoms with Crippen molar-refractivity contribution < 1.29 is 13.9 Å². The van der Waals surface area contributed by atoms with Gasteiger partial charge in [-0.3, -0.25) is 4.79 Å². The van der Waals surface area contributed by atoms with E-state index < -0.39 is 11.7 Å². The summed E-state index contributed by atoms with van der Waals surface area (Å²) in [6.45, 7) is 0.374. The van der Waals surface area contributed by atoms with Crippen LogP contribution in [0.3, 0.4) is 0 Å². The summed E-state index contributed by atoms with van der Waals surface area (Å²) >= 11 is 5.62. The Balaban J connectivity index is 1.91. The Bertz CT molecular complexity index is 632. The summed E-state index contributed by atoms with van der Waals surface area (Å²) in [7, 11) is 0. The molecule has 0 aromatic heterocycles. The summed E-state index contributed by atoms with van der Waals surface area (Å²) in [5.74, 6) is -0.419. The number of hydrogen-bond donors (Lipinski definition) is 2. The first kappa shape index (κ1) is 15.1. The number of hydrogen-bond acceptors (Lipinski definition) is 3. The van der Waals surface area contributed by atoms with Crippen LogP contribution >= 0.6 is 11.6 Å². The molecular weight excluding hydrogens is 295 g/mol. The molecule has 21 heavy (non-hydrogen) atoms. The van der Waals surface area contributed by atoms with Gasteiger partial charge in [-0.2, -0.15) is 0 Å². The van der Waals surface area contributed by atoms with E-state index in [2.05, 4.69) is 5.32 Å². The SMILES string of the molecule is NC(=O)COc1ccc(CNc2ccc(Cl)c(F)c2)cc1. The van der Waals surface area contributed by atoms with Crippen molar-refractivity contribution in [3.8, 4) is 5.75 Å². The minimum Gasteiger partial charge on any atom is -0.484 e. The minimum absolute atomic E-state index is 0.0940. The number of carbonyl (C=O) groups excluding carboxylic acids is 1. The van der Waals surface area contributed by atoms with Gasteiger partial charge in [0.25, 0.3) is 5.91 Å². The summed E-state index contributed by atoms with van der Waals surface area (Å²) in [5, 5.41) is 3.18. The first-order valence-electron chi connectivity index (χ1n) is 6.23. The highest BCUT2D eigenvalue weighted by molar-refractivity contribution is 6.30. The summed E-state index contributed by atoms with van der Waals surface area (Å²) < 4.78 is 18.4. The Morgan fingerprint density at radius 2 is 1.95 bits per heavy atom. The molecule has 0 aliphatic heterocycles. The Kier molecular flexibility index (Phi) is 5.00. The van der Waals surface area contributed by atoms with Crippen LogP contribution in [0, 0.1) is 5.82 Å². The smallest absolute Gasteiger partial charge is 0.255 e. The quantitative estimate of drug-likeness (QED) is 0.862. The molecule has 0 saturated heterocycles. The molecule has 6 heteroatoms. The van der Waals surface area contributed by atoms with E-state index in [1.165, 1.54) is 12.1 Å². The second-order valence-electron chi connectivity index (χ2n) is 4.38. The summed E-state index contributed by atoms with van der Waals surface area (Å²) in [6.07, 6.45) is 0. The number of benzene rings is 2. The molecule has 1 amide bonds. The molecule has 3 N–H and O–H groups in total. The van der Waals surface area contributed by atoms with Crippen molar-refractivity contribution in [3.05, 3.63) is 58.9 Å². The predicted octanol–water partition coefficient (Wildman–Crippen LogP) is 2.96. The van der Waals surface area contributed by atoms with Gasteiger partial charge in [0.1, 0.15) is 11.6 Å². The number of nitrogens with two attached hydrogens (primary N) is 1. The Hall–Kier alpha value is -2.27. The topological polar surface area (TPSA) is 64.4 Å². The molecule has 110 valence electrons. The minimum atomic E-state index is -0.523. The highest BCUT2D eigenvalue weighted by Crippen LogP contribution is 2.19. The fourth-order valence-corrected chi connectivity index (χ4v) is 1.79. The average molecular weight is 309 g/mol.